The maximum Gasteiger partial charge on any atom is 0.107 e. The Labute approximate surface area is 99.7 Å². The van der Waals surface area contributed by atoms with Crippen LogP contribution in [0.5, 0.6) is 0 Å². The molecule has 0 radical (unpaired) electrons. The smallest absolute Gasteiger partial charge is 0.107 e. The van der Waals surface area contributed by atoms with E-state index >= 15 is 0 Å². The predicted molar refractivity (Wildman–Crippen MR) is 68.0 cm³/mol. The molecule has 2 nitrogen and oxygen atoms in total. The lowest BCUT2D eigenvalue weighted by Gasteiger charge is -2.26. The minimum atomic E-state index is -0.294. The summed E-state index contributed by atoms with van der Waals surface area (Å²) < 4.78 is 0. The maximum atomic E-state index is 9.37. The third-order valence-corrected chi connectivity index (χ3v) is 3.86. The van der Waals surface area contributed by atoms with Gasteiger partial charge in [0.25, 0.3) is 0 Å². The summed E-state index contributed by atoms with van der Waals surface area (Å²) in [5.74, 6) is 1.54. The van der Waals surface area contributed by atoms with Crippen molar-refractivity contribution < 1.29 is 0 Å². The number of rotatable bonds is 4. The lowest BCUT2D eigenvalue weighted by molar-refractivity contribution is 0.326. The SMILES string of the molecule is C=CCNC1(C#N)CCCC(C(C)C)CC1. The molecule has 1 rings (SSSR count). The van der Waals surface area contributed by atoms with Crippen LogP contribution in [0, 0.1) is 23.2 Å². The molecule has 0 amide bonds. The minimum absolute atomic E-state index is 0.294. The van der Waals surface area contributed by atoms with Gasteiger partial charge in [-0.25, -0.2) is 0 Å². The van der Waals surface area contributed by atoms with Crippen molar-refractivity contribution in [1.82, 2.24) is 5.32 Å². The molecule has 0 aromatic carbocycles. The van der Waals surface area contributed by atoms with Crippen molar-refractivity contribution in [3.05, 3.63) is 12.7 Å². The molecular formula is C14H24N2. The van der Waals surface area contributed by atoms with Crippen molar-refractivity contribution >= 4 is 0 Å². The van der Waals surface area contributed by atoms with Crippen LogP contribution in [0.2, 0.25) is 0 Å². The van der Waals surface area contributed by atoms with E-state index in [4.69, 9.17) is 0 Å². The first kappa shape index (κ1) is 13.3. The second-order valence-electron chi connectivity index (χ2n) is 5.30. The molecule has 1 aliphatic carbocycles. The van der Waals surface area contributed by atoms with Crippen molar-refractivity contribution in [3.8, 4) is 6.07 Å². The molecule has 1 saturated carbocycles. The summed E-state index contributed by atoms with van der Waals surface area (Å²) >= 11 is 0. The Hall–Kier alpha value is -0.810. The fourth-order valence-corrected chi connectivity index (χ4v) is 2.63. The molecular weight excluding hydrogens is 196 g/mol. The summed E-state index contributed by atoms with van der Waals surface area (Å²) in [5.41, 5.74) is -0.294. The molecule has 2 unspecified atom stereocenters. The zero-order valence-corrected chi connectivity index (χ0v) is 10.6. The van der Waals surface area contributed by atoms with Gasteiger partial charge in [0.2, 0.25) is 0 Å². The van der Waals surface area contributed by atoms with Crippen LogP contribution in [-0.4, -0.2) is 12.1 Å². The van der Waals surface area contributed by atoms with E-state index in [-0.39, 0.29) is 5.54 Å². The van der Waals surface area contributed by atoms with Crippen LogP contribution >= 0.6 is 0 Å². The van der Waals surface area contributed by atoms with Crippen LogP contribution in [0.3, 0.4) is 0 Å². The fraction of sp³-hybridized carbons (Fsp3) is 0.786. The average molecular weight is 220 g/mol. The number of hydrogen-bond donors (Lipinski definition) is 1. The standard InChI is InChI=1S/C14H24N2/c1-4-10-16-14(11-15)8-5-6-13(7-9-14)12(2)3/h4,12-13,16H,1,5-10H2,2-3H3. The maximum absolute atomic E-state index is 9.37. The van der Waals surface area contributed by atoms with Gasteiger partial charge in [0.1, 0.15) is 5.54 Å². The van der Waals surface area contributed by atoms with Gasteiger partial charge in [0, 0.05) is 6.54 Å². The van der Waals surface area contributed by atoms with Crippen molar-refractivity contribution in [1.29, 1.82) is 5.26 Å². The highest BCUT2D eigenvalue weighted by molar-refractivity contribution is 5.09. The van der Waals surface area contributed by atoms with Crippen LogP contribution < -0.4 is 5.32 Å². The summed E-state index contributed by atoms with van der Waals surface area (Å²) in [7, 11) is 0. The second-order valence-corrected chi connectivity index (χ2v) is 5.30. The first-order chi connectivity index (χ1) is 7.63. The molecule has 1 N–H and O–H groups in total. The zero-order chi connectivity index (χ0) is 12.0. The molecule has 0 aromatic heterocycles. The van der Waals surface area contributed by atoms with E-state index < -0.39 is 0 Å². The van der Waals surface area contributed by atoms with Gasteiger partial charge in [-0.2, -0.15) is 5.26 Å². The molecule has 0 aliphatic heterocycles. The van der Waals surface area contributed by atoms with E-state index in [0.29, 0.717) is 0 Å². The Morgan fingerprint density at radius 2 is 2.25 bits per heavy atom. The number of nitrogens with zero attached hydrogens (tertiary/aromatic N) is 1. The zero-order valence-electron chi connectivity index (χ0n) is 10.6. The molecule has 0 heterocycles. The van der Waals surface area contributed by atoms with Gasteiger partial charge in [0.15, 0.2) is 0 Å². The fourth-order valence-electron chi connectivity index (χ4n) is 2.63. The van der Waals surface area contributed by atoms with Crippen molar-refractivity contribution in [2.75, 3.05) is 6.54 Å². The van der Waals surface area contributed by atoms with E-state index in [1.807, 2.05) is 6.08 Å². The number of nitrogens with one attached hydrogen (secondary N) is 1. The van der Waals surface area contributed by atoms with E-state index in [1.165, 1.54) is 19.3 Å². The molecule has 0 saturated heterocycles. The molecule has 16 heavy (non-hydrogen) atoms. The lowest BCUT2D eigenvalue weighted by atomic mass is 9.87. The Kier molecular flexibility index (Phi) is 5.02. The molecule has 90 valence electrons. The molecule has 2 heteroatoms. The molecule has 1 aliphatic rings. The second kappa shape index (κ2) is 6.06. The van der Waals surface area contributed by atoms with Gasteiger partial charge in [0.05, 0.1) is 6.07 Å². The van der Waals surface area contributed by atoms with Crippen molar-refractivity contribution in [2.45, 2.75) is 51.5 Å². The van der Waals surface area contributed by atoms with Crippen LogP contribution in [0.4, 0.5) is 0 Å². The van der Waals surface area contributed by atoms with Crippen LogP contribution in [-0.2, 0) is 0 Å². The van der Waals surface area contributed by atoms with E-state index in [9.17, 15) is 5.26 Å². The number of hydrogen-bond acceptors (Lipinski definition) is 2. The average Bonchev–Trinajstić information content (AvgIpc) is 2.49. The quantitative estimate of drug-likeness (QED) is 0.583. The molecule has 0 aromatic rings. The Balaban J connectivity index is 2.61. The topological polar surface area (TPSA) is 35.8 Å². The normalized spacial score (nSPS) is 30.8. The predicted octanol–water partition coefficient (Wildman–Crippen LogP) is 3.26. The first-order valence-corrected chi connectivity index (χ1v) is 6.41. The summed E-state index contributed by atoms with van der Waals surface area (Å²) in [5, 5.41) is 12.7. The number of nitriles is 1. The highest BCUT2D eigenvalue weighted by Crippen LogP contribution is 2.33. The Morgan fingerprint density at radius 1 is 1.50 bits per heavy atom. The highest BCUT2D eigenvalue weighted by atomic mass is 15.0. The largest absolute Gasteiger partial charge is 0.296 e. The minimum Gasteiger partial charge on any atom is -0.296 e. The van der Waals surface area contributed by atoms with Gasteiger partial charge in [-0.05, 0) is 31.1 Å². The Bertz CT molecular complexity index is 264. The van der Waals surface area contributed by atoms with E-state index in [2.05, 4.69) is 31.8 Å². The summed E-state index contributed by atoms with van der Waals surface area (Å²) in [6.45, 7) is 9.03. The summed E-state index contributed by atoms with van der Waals surface area (Å²) in [6.07, 6.45) is 7.43. The lowest BCUT2D eigenvalue weighted by Crippen LogP contribution is -2.43. The third kappa shape index (κ3) is 3.35. The summed E-state index contributed by atoms with van der Waals surface area (Å²) in [4.78, 5) is 0. The molecule has 0 spiro atoms. The molecule has 2 atom stereocenters. The summed E-state index contributed by atoms with van der Waals surface area (Å²) in [6, 6.07) is 2.49. The third-order valence-electron chi connectivity index (χ3n) is 3.86. The van der Waals surface area contributed by atoms with Crippen LogP contribution in [0.1, 0.15) is 46.0 Å². The Morgan fingerprint density at radius 3 is 2.81 bits per heavy atom. The van der Waals surface area contributed by atoms with Crippen LogP contribution in [0.15, 0.2) is 12.7 Å². The van der Waals surface area contributed by atoms with Gasteiger partial charge >= 0.3 is 0 Å². The van der Waals surface area contributed by atoms with Gasteiger partial charge in [-0.1, -0.05) is 32.8 Å². The molecule has 0 bridgehead atoms. The van der Waals surface area contributed by atoms with Gasteiger partial charge < -0.3 is 0 Å². The van der Waals surface area contributed by atoms with Crippen molar-refractivity contribution in [2.24, 2.45) is 11.8 Å². The monoisotopic (exact) mass is 220 g/mol. The van der Waals surface area contributed by atoms with Gasteiger partial charge in [-0.15, -0.1) is 6.58 Å². The van der Waals surface area contributed by atoms with E-state index in [1.54, 1.807) is 0 Å². The molecule has 1 fully saturated rings. The van der Waals surface area contributed by atoms with Crippen molar-refractivity contribution in [3.63, 3.8) is 0 Å². The van der Waals surface area contributed by atoms with Crippen LogP contribution in [0.25, 0.3) is 0 Å². The first-order valence-electron chi connectivity index (χ1n) is 6.41. The van der Waals surface area contributed by atoms with E-state index in [0.717, 1.165) is 31.2 Å². The highest BCUT2D eigenvalue weighted by Gasteiger charge is 2.32. The van der Waals surface area contributed by atoms with Gasteiger partial charge in [-0.3, -0.25) is 5.32 Å².